The molecule has 1 aromatic rings. The van der Waals surface area contributed by atoms with Gasteiger partial charge >= 0.3 is 0 Å². The molecule has 0 amide bonds. The lowest BCUT2D eigenvalue weighted by Gasteiger charge is -1.86. The Balaban J connectivity index is 3.08. The minimum atomic E-state index is 0.138. The van der Waals surface area contributed by atoms with Crippen LogP contribution in [0.15, 0.2) is 12.4 Å². The summed E-state index contributed by atoms with van der Waals surface area (Å²) in [5, 5.41) is 8.27. The Bertz CT molecular complexity index is 266. The minimum Gasteiger partial charge on any atom is -0.226 e. The van der Waals surface area contributed by atoms with Gasteiger partial charge in [0.15, 0.2) is 0 Å². The molecular formula is C7H3N3. The Morgan fingerprint density at radius 2 is 2.00 bits per heavy atom. The van der Waals surface area contributed by atoms with Crippen LogP contribution in [0.3, 0.4) is 0 Å². The van der Waals surface area contributed by atoms with Crippen molar-refractivity contribution in [3.63, 3.8) is 0 Å². The smallest absolute Gasteiger partial charge is 0.226 e. The van der Waals surface area contributed by atoms with E-state index in [2.05, 4.69) is 15.9 Å². The predicted molar refractivity (Wildman–Crippen MR) is 34.7 cm³/mol. The summed E-state index contributed by atoms with van der Waals surface area (Å²) < 4.78 is 0. The van der Waals surface area contributed by atoms with E-state index in [1.807, 2.05) is 0 Å². The summed E-state index contributed by atoms with van der Waals surface area (Å²) in [6, 6.07) is 1.79. The Morgan fingerprint density at radius 1 is 1.40 bits per heavy atom. The number of hydrogen-bond donors (Lipinski definition) is 0. The molecule has 0 fully saturated rings. The van der Waals surface area contributed by atoms with Gasteiger partial charge in [-0.05, 0) is 0 Å². The van der Waals surface area contributed by atoms with Gasteiger partial charge in [-0.3, -0.25) is 0 Å². The van der Waals surface area contributed by atoms with Gasteiger partial charge in [0.1, 0.15) is 6.07 Å². The molecule has 3 heteroatoms. The first-order valence-electron chi connectivity index (χ1n) is 2.55. The van der Waals surface area contributed by atoms with Crippen LogP contribution in [-0.4, -0.2) is 9.97 Å². The van der Waals surface area contributed by atoms with Crippen LogP contribution in [0.1, 0.15) is 11.4 Å². The Labute approximate surface area is 58.4 Å². The van der Waals surface area contributed by atoms with E-state index in [0.717, 1.165) is 0 Å². The molecular weight excluding hydrogens is 126 g/mol. The summed E-state index contributed by atoms with van der Waals surface area (Å²) in [4.78, 5) is 7.31. The van der Waals surface area contributed by atoms with Crippen LogP contribution in [0.4, 0.5) is 0 Å². The van der Waals surface area contributed by atoms with Crippen molar-refractivity contribution in [3.8, 4) is 18.4 Å². The lowest BCUT2D eigenvalue weighted by atomic mass is 10.4. The van der Waals surface area contributed by atoms with Gasteiger partial charge in [-0.15, -0.1) is 6.42 Å². The van der Waals surface area contributed by atoms with E-state index in [1.165, 1.54) is 12.4 Å². The summed E-state index contributed by atoms with van der Waals surface area (Å²) in [5.74, 6) is 2.48. The summed E-state index contributed by atoms with van der Waals surface area (Å²) in [6.45, 7) is 0. The van der Waals surface area contributed by atoms with Crippen LogP contribution >= 0.6 is 0 Å². The predicted octanol–water partition coefficient (Wildman–Crippen LogP) is 0.330. The zero-order valence-corrected chi connectivity index (χ0v) is 5.07. The molecule has 0 saturated heterocycles. The standard InChI is InChI=1S/C7H3N3/c1-2-6-4-9-7(3-8)10-5-6/h1,4-5H. The monoisotopic (exact) mass is 129 g/mol. The van der Waals surface area contributed by atoms with Gasteiger partial charge in [-0.1, -0.05) is 5.92 Å². The highest BCUT2D eigenvalue weighted by Gasteiger charge is 1.90. The fraction of sp³-hybridized carbons (Fsp3) is 0. The van der Waals surface area contributed by atoms with Crippen molar-refractivity contribution in [1.82, 2.24) is 9.97 Å². The molecule has 0 saturated carbocycles. The van der Waals surface area contributed by atoms with E-state index in [1.54, 1.807) is 6.07 Å². The zero-order valence-electron chi connectivity index (χ0n) is 5.07. The van der Waals surface area contributed by atoms with E-state index in [4.69, 9.17) is 11.7 Å². The third kappa shape index (κ3) is 1.10. The molecule has 0 aliphatic carbocycles. The van der Waals surface area contributed by atoms with Gasteiger partial charge in [0.25, 0.3) is 0 Å². The highest BCUT2D eigenvalue weighted by molar-refractivity contribution is 5.27. The van der Waals surface area contributed by atoms with Crippen LogP contribution in [-0.2, 0) is 0 Å². The molecule has 0 aliphatic rings. The summed E-state index contributed by atoms with van der Waals surface area (Å²) in [7, 11) is 0. The van der Waals surface area contributed by atoms with Crippen molar-refractivity contribution in [2.24, 2.45) is 0 Å². The van der Waals surface area contributed by atoms with Crippen LogP contribution < -0.4 is 0 Å². The average molecular weight is 129 g/mol. The fourth-order valence-corrected chi connectivity index (χ4v) is 0.460. The van der Waals surface area contributed by atoms with Crippen LogP contribution in [0, 0.1) is 23.7 Å². The molecule has 3 nitrogen and oxygen atoms in total. The number of terminal acetylenes is 1. The maximum absolute atomic E-state index is 8.27. The van der Waals surface area contributed by atoms with Gasteiger partial charge in [0.2, 0.25) is 5.82 Å². The van der Waals surface area contributed by atoms with Crippen molar-refractivity contribution in [2.45, 2.75) is 0 Å². The van der Waals surface area contributed by atoms with Crippen molar-refractivity contribution in [2.75, 3.05) is 0 Å². The van der Waals surface area contributed by atoms with Crippen molar-refractivity contribution >= 4 is 0 Å². The third-order valence-electron chi connectivity index (χ3n) is 0.919. The molecule has 0 atom stereocenters. The van der Waals surface area contributed by atoms with Gasteiger partial charge in [0, 0.05) is 12.4 Å². The second-order valence-corrected chi connectivity index (χ2v) is 1.55. The SMILES string of the molecule is C#Cc1cnc(C#N)nc1. The molecule has 0 bridgehead atoms. The van der Waals surface area contributed by atoms with Gasteiger partial charge in [-0.2, -0.15) is 5.26 Å². The van der Waals surface area contributed by atoms with E-state index in [-0.39, 0.29) is 5.82 Å². The van der Waals surface area contributed by atoms with E-state index in [0.29, 0.717) is 5.56 Å². The van der Waals surface area contributed by atoms with Gasteiger partial charge < -0.3 is 0 Å². The minimum absolute atomic E-state index is 0.138. The first-order valence-corrected chi connectivity index (χ1v) is 2.55. The van der Waals surface area contributed by atoms with Crippen LogP contribution in [0.25, 0.3) is 0 Å². The molecule has 0 radical (unpaired) electrons. The molecule has 46 valence electrons. The van der Waals surface area contributed by atoms with Crippen LogP contribution in [0.5, 0.6) is 0 Å². The molecule has 10 heavy (non-hydrogen) atoms. The lowest BCUT2D eigenvalue weighted by Crippen LogP contribution is -1.87. The second-order valence-electron chi connectivity index (χ2n) is 1.55. The average Bonchev–Trinajstić information content (AvgIpc) is 2.05. The number of nitriles is 1. The first kappa shape index (κ1) is 6.25. The van der Waals surface area contributed by atoms with Gasteiger partial charge in [0.05, 0.1) is 5.56 Å². The Hall–Kier alpha value is -1.87. The molecule has 0 N–H and O–H groups in total. The highest BCUT2D eigenvalue weighted by atomic mass is 14.9. The largest absolute Gasteiger partial charge is 0.232 e. The second kappa shape index (κ2) is 2.61. The molecule has 1 aromatic heterocycles. The van der Waals surface area contributed by atoms with E-state index >= 15 is 0 Å². The molecule has 0 aliphatic heterocycles. The number of hydrogen-bond acceptors (Lipinski definition) is 3. The highest BCUT2D eigenvalue weighted by Crippen LogP contribution is 1.90. The van der Waals surface area contributed by atoms with Crippen molar-refractivity contribution in [3.05, 3.63) is 23.8 Å². The fourth-order valence-electron chi connectivity index (χ4n) is 0.460. The number of rotatable bonds is 0. The number of nitrogens with zero attached hydrogens (tertiary/aromatic N) is 3. The van der Waals surface area contributed by atoms with E-state index < -0.39 is 0 Å². The quantitative estimate of drug-likeness (QED) is 0.474. The van der Waals surface area contributed by atoms with Crippen LogP contribution in [0.2, 0.25) is 0 Å². The molecule has 1 heterocycles. The summed E-state index contributed by atoms with van der Waals surface area (Å²) >= 11 is 0. The summed E-state index contributed by atoms with van der Waals surface area (Å²) in [6.07, 6.45) is 7.90. The third-order valence-corrected chi connectivity index (χ3v) is 0.919. The van der Waals surface area contributed by atoms with E-state index in [9.17, 15) is 0 Å². The van der Waals surface area contributed by atoms with Crippen molar-refractivity contribution < 1.29 is 0 Å². The topological polar surface area (TPSA) is 49.6 Å². The maximum Gasteiger partial charge on any atom is 0.232 e. The molecule has 1 rings (SSSR count). The van der Waals surface area contributed by atoms with Gasteiger partial charge in [-0.25, -0.2) is 9.97 Å². The Morgan fingerprint density at radius 3 is 2.40 bits per heavy atom. The first-order chi connectivity index (χ1) is 4.86. The normalized spacial score (nSPS) is 7.80. The maximum atomic E-state index is 8.27. The zero-order chi connectivity index (χ0) is 7.40. The molecule has 0 spiro atoms. The number of aromatic nitrogens is 2. The molecule has 0 aromatic carbocycles. The summed E-state index contributed by atoms with van der Waals surface area (Å²) in [5.41, 5.74) is 0.582. The molecule has 0 unspecified atom stereocenters. The van der Waals surface area contributed by atoms with Crippen molar-refractivity contribution in [1.29, 1.82) is 5.26 Å². The lowest BCUT2D eigenvalue weighted by molar-refractivity contribution is 1.10. The Kier molecular flexibility index (Phi) is 1.63.